The number of aryl methyl sites for hydroxylation is 1. The second kappa shape index (κ2) is 9.80. The number of hydrogen-bond donors (Lipinski definition) is 1. The first-order valence-corrected chi connectivity index (χ1v) is 11.3. The molecule has 8 heteroatoms. The van der Waals surface area contributed by atoms with Crippen LogP contribution < -0.4 is 20.5 Å². The van der Waals surface area contributed by atoms with Crippen LogP contribution in [0, 0.1) is 0 Å². The minimum Gasteiger partial charge on any atom is -0.454 e. The van der Waals surface area contributed by atoms with Crippen LogP contribution in [0.3, 0.4) is 0 Å². The smallest absolute Gasteiger partial charge is 0.292 e. The number of fused-ring (bicyclic) bond motifs is 2. The average Bonchev–Trinajstić information content (AvgIpc) is 3.36. The Kier molecular flexibility index (Phi) is 6.26. The van der Waals surface area contributed by atoms with Gasteiger partial charge in [-0.1, -0.05) is 54.6 Å². The molecule has 1 amide bonds. The van der Waals surface area contributed by atoms with Crippen molar-refractivity contribution in [2.75, 3.05) is 6.79 Å². The molecule has 0 bridgehead atoms. The SMILES string of the molecule is C/C(CCc1ccc2c(c1)OCO2)=N\NC(=O)c1nn(Cc2ccccc2)c(=O)c2ccccc12. The Bertz CT molecular complexity index is 1480. The molecule has 0 atom stereocenters. The maximum absolute atomic E-state index is 13.1. The number of amides is 1. The van der Waals surface area contributed by atoms with Gasteiger partial charge in [-0.3, -0.25) is 9.59 Å². The van der Waals surface area contributed by atoms with Gasteiger partial charge in [0.2, 0.25) is 6.79 Å². The van der Waals surface area contributed by atoms with Crippen molar-refractivity contribution in [3.05, 3.63) is 100.0 Å². The fourth-order valence-corrected chi connectivity index (χ4v) is 3.94. The van der Waals surface area contributed by atoms with E-state index in [1.165, 1.54) is 4.68 Å². The summed E-state index contributed by atoms with van der Waals surface area (Å²) in [5.74, 6) is 1.03. The molecule has 0 unspecified atom stereocenters. The van der Waals surface area contributed by atoms with Crippen molar-refractivity contribution in [2.24, 2.45) is 5.10 Å². The molecular formula is C27H24N4O4. The molecule has 1 aliphatic heterocycles. The maximum Gasteiger partial charge on any atom is 0.292 e. The molecule has 0 fully saturated rings. The molecule has 0 radical (unpaired) electrons. The van der Waals surface area contributed by atoms with Gasteiger partial charge >= 0.3 is 0 Å². The third-order valence-electron chi connectivity index (χ3n) is 5.82. The van der Waals surface area contributed by atoms with Crippen molar-refractivity contribution >= 4 is 22.4 Å². The van der Waals surface area contributed by atoms with E-state index in [0.717, 1.165) is 34.8 Å². The Morgan fingerprint density at radius 3 is 2.54 bits per heavy atom. The van der Waals surface area contributed by atoms with Crippen molar-refractivity contribution in [2.45, 2.75) is 26.3 Å². The van der Waals surface area contributed by atoms with Gasteiger partial charge in [0, 0.05) is 11.1 Å². The second-order valence-corrected chi connectivity index (χ2v) is 8.32. The predicted octanol–water partition coefficient (Wildman–Crippen LogP) is 3.91. The summed E-state index contributed by atoms with van der Waals surface area (Å²) in [7, 11) is 0. The van der Waals surface area contributed by atoms with Gasteiger partial charge in [0.25, 0.3) is 11.5 Å². The quantitative estimate of drug-likeness (QED) is 0.328. The van der Waals surface area contributed by atoms with Crippen molar-refractivity contribution in [1.29, 1.82) is 0 Å². The van der Waals surface area contributed by atoms with Crippen molar-refractivity contribution in [3.8, 4) is 11.5 Å². The highest BCUT2D eigenvalue weighted by molar-refractivity contribution is 6.05. The van der Waals surface area contributed by atoms with Crippen LogP contribution in [-0.2, 0) is 13.0 Å². The summed E-state index contributed by atoms with van der Waals surface area (Å²) < 4.78 is 12.1. The summed E-state index contributed by atoms with van der Waals surface area (Å²) >= 11 is 0. The van der Waals surface area contributed by atoms with E-state index >= 15 is 0 Å². The van der Waals surface area contributed by atoms with Crippen molar-refractivity contribution in [1.82, 2.24) is 15.2 Å². The van der Waals surface area contributed by atoms with E-state index in [1.54, 1.807) is 24.3 Å². The molecule has 3 aromatic carbocycles. The minimum atomic E-state index is -0.467. The summed E-state index contributed by atoms with van der Waals surface area (Å²) in [4.78, 5) is 26.0. The summed E-state index contributed by atoms with van der Waals surface area (Å²) in [5.41, 5.74) is 5.29. The van der Waals surface area contributed by atoms with Gasteiger partial charge in [-0.2, -0.15) is 10.2 Å². The molecule has 0 saturated carbocycles. The molecule has 1 aromatic heterocycles. The average molecular weight is 469 g/mol. The summed E-state index contributed by atoms with van der Waals surface area (Å²) in [6.45, 7) is 2.37. The Balaban J connectivity index is 1.33. The van der Waals surface area contributed by atoms with E-state index in [4.69, 9.17) is 9.47 Å². The van der Waals surface area contributed by atoms with E-state index < -0.39 is 5.91 Å². The summed E-state index contributed by atoms with van der Waals surface area (Å²) in [5, 5.41) is 9.59. The zero-order valence-corrected chi connectivity index (χ0v) is 19.2. The largest absolute Gasteiger partial charge is 0.454 e. The molecule has 5 rings (SSSR count). The van der Waals surface area contributed by atoms with Gasteiger partial charge in [-0.15, -0.1) is 0 Å². The first kappa shape index (κ1) is 22.3. The van der Waals surface area contributed by atoms with Crippen molar-refractivity contribution in [3.63, 3.8) is 0 Å². The van der Waals surface area contributed by atoms with Crippen LogP contribution in [0.1, 0.15) is 35.0 Å². The standard InChI is InChI=1S/C27H24N4O4/c1-18(11-12-19-13-14-23-24(15-19)35-17-34-23)28-29-26(32)25-21-9-5-6-10-22(21)27(33)31(30-25)16-20-7-3-2-4-8-20/h2-10,13-15H,11-12,16-17H2,1H3,(H,29,32)/b28-18+. The van der Waals surface area contributed by atoms with Gasteiger partial charge in [0.05, 0.1) is 11.9 Å². The number of carbonyl (C=O) groups excluding carboxylic acids is 1. The van der Waals surface area contributed by atoms with E-state index in [2.05, 4.69) is 15.6 Å². The third-order valence-corrected chi connectivity index (χ3v) is 5.82. The van der Waals surface area contributed by atoms with Crippen LogP contribution in [0.5, 0.6) is 11.5 Å². The van der Waals surface area contributed by atoms with Gasteiger partial charge in [0.15, 0.2) is 17.2 Å². The Labute approximate surface area is 201 Å². The predicted molar refractivity (Wildman–Crippen MR) is 133 cm³/mol. The first-order chi connectivity index (χ1) is 17.1. The molecule has 1 aliphatic rings. The number of rotatable bonds is 7. The van der Waals surface area contributed by atoms with Crippen molar-refractivity contribution < 1.29 is 14.3 Å². The lowest BCUT2D eigenvalue weighted by atomic mass is 10.1. The summed E-state index contributed by atoms with van der Waals surface area (Å²) in [6.07, 6.45) is 1.40. The number of nitrogens with zero attached hydrogens (tertiary/aromatic N) is 3. The maximum atomic E-state index is 13.1. The number of hydrazone groups is 1. The molecule has 2 heterocycles. The van der Waals surface area contributed by atoms with Crippen LogP contribution in [-0.4, -0.2) is 28.2 Å². The minimum absolute atomic E-state index is 0.156. The second-order valence-electron chi connectivity index (χ2n) is 8.32. The molecule has 35 heavy (non-hydrogen) atoms. The first-order valence-electron chi connectivity index (χ1n) is 11.3. The molecule has 1 N–H and O–H groups in total. The van der Waals surface area contributed by atoms with Crippen LogP contribution in [0.15, 0.2) is 82.7 Å². The van der Waals surface area contributed by atoms with E-state index in [0.29, 0.717) is 17.2 Å². The number of nitrogens with one attached hydrogen (secondary N) is 1. The normalized spacial score (nSPS) is 12.7. The number of aromatic nitrogens is 2. The van der Waals surface area contributed by atoms with E-state index in [1.807, 2.05) is 55.5 Å². The lowest BCUT2D eigenvalue weighted by Crippen LogP contribution is -2.29. The van der Waals surface area contributed by atoms with Gasteiger partial charge in [-0.25, -0.2) is 10.1 Å². The number of ether oxygens (including phenoxy) is 2. The van der Waals surface area contributed by atoms with Crippen LogP contribution in [0.2, 0.25) is 0 Å². The lowest BCUT2D eigenvalue weighted by Gasteiger charge is -2.10. The molecule has 0 spiro atoms. The highest BCUT2D eigenvalue weighted by Crippen LogP contribution is 2.32. The lowest BCUT2D eigenvalue weighted by molar-refractivity contribution is 0.0949. The van der Waals surface area contributed by atoms with Crippen LogP contribution in [0.25, 0.3) is 10.8 Å². The number of benzene rings is 3. The van der Waals surface area contributed by atoms with Gasteiger partial charge in [0.1, 0.15) is 0 Å². The molecule has 4 aromatic rings. The topological polar surface area (TPSA) is 94.8 Å². The number of carbonyl (C=O) groups is 1. The van der Waals surface area contributed by atoms with Crippen LogP contribution >= 0.6 is 0 Å². The van der Waals surface area contributed by atoms with E-state index in [9.17, 15) is 9.59 Å². The highest BCUT2D eigenvalue weighted by Gasteiger charge is 2.17. The molecule has 8 nitrogen and oxygen atoms in total. The number of hydrogen-bond acceptors (Lipinski definition) is 6. The van der Waals surface area contributed by atoms with Gasteiger partial charge in [-0.05, 0) is 49.1 Å². The molecular weight excluding hydrogens is 444 g/mol. The highest BCUT2D eigenvalue weighted by atomic mass is 16.7. The zero-order chi connectivity index (χ0) is 24.2. The monoisotopic (exact) mass is 468 g/mol. The van der Waals surface area contributed by atoms with Gasteiger partial charge < -0.3 is 9.47 Å². The molecule has 0 saturated heterocycles. The third kappa shape index (κ3) is 4.91. The van der Waals surface area contributed by atoms with E-state index in [-0.39, 0.29) is 24.6 Å². The Morgan fingerprint density at radius 1 is 0.971 bits per heavy atom. The van der Waals surface area contributed by atoms with Crippen LogP contribution in [0.4, 0.5) is 0 Å². The fraction of sp³-hybridized carbons (Fsp3) is 0.185. The summed E-state index contributed by atoms with van der Waals surface area (Å²) in [6, 6.07) is 22.4. The Hall–Kier alpha value is -4.46. The zero-order valence-electron chi connectivity index (χ0n) is 19.2. The molecule has 176 valence electrons. The molecule has 0 aliphatic carbocycles. The Morgan fingerprint density at radius 2 is 1.71 bits per heavy atom. The fourth-order valence-electron chi connectivity index (χ4n) is 3.94.